The van der Waals surface area contributed by atoms with Gasteiger partial charge in [-0.1, -0.05) is 17.7 Å². The molecule has 2 N–H and O–H groups in total. The predicted octanol–water partition coefficient (Wildman–Crippen LogP) is 3.52. The van der Waals surface area contributed by atoms with Crippen molar-refractivity contribution in [1.82, 2.24) is 5.32 Å². The predicted molar refractivity (Wildman–Crippen MR) is 78.6 cm³/mol. The summed E-state index contributed by atoms with van der Waals surface area (Å²) in [6, 6.07) is 4.76. The van der Waals surface area contributed by atoms with E-state index in [-0.39, 0.29) is 5.02 Å². The van der Waals surface area contributed by atoms with Gasteiger partial charge in [0.15, 0.2) is 10.9 Å². The molecule has 0 radical (unpaired) electrons. The molecule has 0 unspecified atom stereocenters. The number of anilines is 1. The van der Waals surface area contributed by atoms with E-state index in [9.17, 15) is 4.39 Å². The second-order valence-electron chi connectivity index (χ2n) is 3.33. The molecule has 0 heterocycles. The number of thioether (sulfide) groups is 1. The van der Waals surface area contributed by atoms with Crippen molar-refractivity contribution < 1.29 is 4.39 Å². The minimum atomic E-state index is -0.484. The Hall–Kier alpha value is -0.520. The Kier molecular flexibility index (Phi) is 6.62. The van der Waals surface area contributed by atoms with Crippen molar-refractivity contribution in [3.63, 3.8) is 0 Å². The summed E-state index contributed by atoms with van der Waals surface area (Å²) in [6.45, 7) is 0.773. The van der Waals surface area contributed by atoms with E-state index in [1.54, 1.807) is 23.9 Å². The fourth-order valence-electron chi connectivity index (χ4n) is 1.19. The second kappa shape index (κ2) is 7.74. The molecule has 0 amide bonds. The highest BCUT2D eigenvalue weighted by atomic mass is 35.5. The fraction of sp³-hybridized carbons (Fsp3) is 0.364. The Balaban J connectivity index is 2.43. The van der Waals surface area contributed by atoms with E-state index in [1.807, 2.05) is 0 Å². The first-order valence-electron chi connectivity index (χ1n) is 5.13. The van der Waals surface area contributed by atoms with Gasteiger partial charge in [-0.05, 0) is 42.8 Å². The number of rotatable bonds is 5. The monoisotopic (exact) mass is 292 g/mol. The summed E-state index contributed by atoms with van der Waals surface area (Å²) < 4.78 is 13.5. The van der Waals surface area contributed by atoms with Gasteiger partial charge < -0.3 is 10.6 Å². The Morgan fingerprint density at radius 2 is 2.29 bits per heavy atom. The number of thiocarbonyl (C=S) groups is 1. The molecule has 2 nitrogen and oxygen atoms in total. The van der Waals surface area contributed by atoms with Crippen molar-refractivity contribution >= 4 is 46.4 Å². The number of halogens is 2. The van der Waals surface area contributed by atoms with Crippen LogP contribution in [0.4, 0.5) is 10.1 Å². The van der Waals surface area contributed by atoms with Gasteiger partial charge in [-0.3, -0.25) is 0 Å². The van der Waals surface area contributed by atoms with Gasteiger partial charge >= 0.3 is 0 Å². The Labute approximate surface area is 115 Å². The van der Waals surface area contributed by atoms with E-state index < -0.39 is 5.82 Å². The summed E-state index contributed by atoms with van der Waals surface area (Å²) in [4.78, 5) is 0. The van der Waals surface area contributed by atoms with Crippen LogP contribution < -0.4 is 10.6 Å². The molecule has 0 aliphatic heterocycles. The summed E-state index contributed by atoms with van der Waals surface area (Å²) in [5, 5.41) is 6.28. The Morgan fingerprint density at radius 3 is 3.00 bits per heavy atom. The van der Waals surface area contributed by atoms with E-state index in [0.29, 0.717) is 10.8 Å². The van der Waals surface area contributed by atoms with Crippen LogP contribution in [-0.2, 0) is 0 Å². The third-order valence-corrected chi connectivity index (χ3v) is 3.25. The molecule has 17 heavy (non-hydrogen) atoms. The molecule has 0 bridgehead atoms. The van der Waals surface area contributed by atoms with Crippen molar-refractivity contribution in [2.75, 3.05) is 23.9 Å². The zero-order chi connectivity index (χ0) is 12.7. The standard InChI is InChI=1S/C11H14ClFN2S2/c1-17-7-3-6-14-11(16)15-9-5-2-4-8(12)10(9)13/h2,4-5H,3,6-7H2,1H3,(H2,14,15,16). The minimum absolute atomic E-state index is 0.0835. The van der Waals surface area contributed by atoms with Crippen molar-refractivity contribution in [3.8, 4) is 0 Å². The third-order valence-electron chi connectivity index (χ3n) is 2.01. The number of benzene rings is 1. The Morgan fingerprint density at radius 1 is 1.53 bits per heavy atom. The molecule has 0 saturated heterocycles. The largest absolute Gasteiger partial charge is 0.362 e. The molecule has 1 aromatic rings. The lowest BCUT2D eigenvalue weighted by molar-refractivity contribution is 0.632. The first-order chi connectivity index (χ1) is 8.15. The maximum Gasteiger partial charge on any atom is 0.170 e. The van der Waals surface area contributed by atoms with Crippen molar-refractivity contribution in [2.24, 2.45) is 0 Å². The van der Waals surface area contributed by atoms with Crippen LogP contribution >= 0.6 is 35.6 Å². The highest BCUT2D eigenvalue weighted by molar-refractivity contribution is 7.98. The average molecular weight is 293 g/mol. The van der Waals surface area contributed by atoms with Crippen molar-refractivity contribution in [1.29, 1.82) is 0 Å². The number of hydrogen-bond donors (Lipinski definition) is 2. The van der Waals surface area contributed by atoms with Gasteiger partial charge in [0.25, 0.3) is 0 Å². The molecular weight excluding hydrogens is 279 g/mol. The quantitative estimate of drug-likeness (QED) is 0.640. The van der Waals surface area contributed by atoms with Gasteiger partial charge in [0.1, 0.15) is 0 Å². The molecule has 0 atom stereocenters. The average Bonchev–Trinajstić information content (AvgIpc) is 2.31. The molecule has 94 valence electrons. The molecule has 0 fully saturated rings. The van der Waals surface area contributed by atoms with Crippen LogP contribution in [0.15, 0.2) is 18.2 Å². The molecular formula is C11H14ClFN2S2. The molecule has 0 spiro atoms. The highest BCUT2D eigenvalue weighted by Gasteiger charge is 2.06. The minimum Gasteiger partial charge on any atom is -0.362 e. The summed E-state index contributed by atoms with van der Waals surface area (Å²) in [5.74, 6) is 0.587. The molecule has 1 aromatic carbocycles. The normalized spacial score (nSPS) is 10.1. The van der Waals surface area contributed by atoms with E-state index >= 15 is 0 Å². The first kappa shape index (κ1) is 14.5. The maximum atomic E-state index is 13.5. The lowest BCUT2D eigenvalue weighted by Gasteiger charge is -2.11. The smallest absolute Gasteiger partial charge is 0.170 e. The van der Waals surface area contributed by atoms with Gasteiger partial charge in [-0.25, -0.2) is 4.39 Å². The topological polar surface area (TPSA) is 24.1 Å². The van der Waals surface area contributed by atoms with Crippen molar-refractivity contribution in [2.45, 2.75) is 6.42 Å². The summed E-state index contributed by atoms with van der Waals surface area (Å²) >= 11 is 12.5. The van der Waals surface area contributed by atoms with Crippen LogP contribution in [0.2, 0.25) is 5.02 Å². The molecule has 0 aliphatic carbocycles. The third kappa shape index (κ3) is 5.10. The Bertz CT molecular complexity index is 388. The molecule has 6 heteroatoms. The number of hydrogen-bond acceptors (Lipinski definition) is 2. The van der Waals surface area contributed by atoms with E-state index in [0.717, 1.165) is 18.7 Å². The van der Waals surface area contributed by atoms with Gasteiger partial charge in [0.05, 0.1) is 10.7 Å². The SMILES string of the molecule is CSCCCNC(=S)Nc1cccc(Cl)c1F. The van der Waals surface area contributed by atoms with Gasteiger partial charge in [0.2, 0.25) is 0 Å². The van der Waals surface area contributed by atoms with E-state index in [4.69, 9.17) is 23.8 Å². The second-order valence-corrected chi connectivity index (χ2v) is 5.13. The van der Waals surface area contributed by atoms with Gasteiger partial charge in [0, 0.05) is 6.54 Å². The molecule has 0 aromatic heterocycles. The van der Waals surface area contributed by atoms with Crippen LogP contribution in [0.1, 0.15) is 6.42 Å². The van der Waals surface area contributed by atoms with Crippen LogP contribution in [0.5, 0.6) is 0 Å². The number of nitrogens with one attached hydrogen (secondary N) is 2. The van der Waals surface area contributed by atoms with Crippen molar-refractivity contribution in [3.05, 3.63) is 29.0 Å². The van der Waals surface area contributed by atoms with Crippen LogP contribution in [0.25, 0.3) is 0 Å². The molecule has 1 rings (SSSR count). The first-order valence-corrected chi connectivity index (χ1v) is 7.31. The fourth-order valence-corrected chi connectivity index (χ4v) is 2.00. The van der Waals surface area contributed by atoms with E-state index in [2.05, 4.69) is 16.9 Å². The summed E-state index contributed by atoms with van der Waals surface area (Å²) in [7, 11) is 0. The molecule has 0 saturated carbocycles. The highest BCUT2D eigenvalue weighted by Crippen LogP contribution is 2.21. The van der Waals surface area contributed by atoms with Crippen LogP contribution in [0.3, 0.4) is 0 Å². The van der Waals surface area contributed by atoms with Gasteiger partial charge in [-0.15, -0.1) is 0 Å². The lowest BCUT2D eigenvalue weighted by atomic mass is 10.3. The maximum absolute atomic E-state index is 13.5. The van der Waals surface area contributed by atoms with Crippen LogP contribution in [-0.4, -0.2) is 23.7 Å². The molecule has 0 aliphatic rings. The zero-order valence-corrected chi connectivity index (χ0v) is 11.8. The van der Waals surface area contributed by atoms with Crippen LogP contribution in [0, 0.1) is 5.82 Å². The van der Waals surface area contributed by atoms with E-state index in [1.165, 1.54) is 6.07 Å². The summed E-state index contributed by atoms with van der Waals surface area (Å²) in [6.07, 6.45) is 3.07. The zero-order valence-electron chi connectivity index (χ0n) is 9.43. The lowest BCUT2D eigenvalue weighted by Crippen LogP contribution is -2.29. The van der Waals surface area contributed by atoms with Gasteiger partial charge in [-0.2, -0.15) is 11.8 Å². The summed E-state index contributed by atoms with van der Waals surface area (Å²) in [5.41, 5.74) is 0.292.